The van der Waals surface area contributed by atoms with E-state index >= 15 is 0 Å². The molecule has 4 rings (SSSR count). The van der Waals surface area contributed by atoms with Crippen LogP contribution < -0.4 is 5.32 Å². The highest BCUT2D eigenvalue weighted by atomic mass is 32.1. The molecule has 6 heteroatoms. The van der Waals surface area contributed by atoms with Crippen LogP contribution in [0.1, 0.15) is 53.6 Å². The number of rotatable bonds is 5. The monoisotopic (exact) mass is 356 g/mol. The van der Waals surface area contributed by atoms with Crippen LogP contribution in [0.25, 0.3) is 0 Å². The first-order valence-corrected chi connectivity index (χ1v) is 9.30. The number of hydrogen-bond donors (Lipinski definition) is 2. The maximum absolute atomic E-state index is 9.54. The Morgan fingerprint density at radius 3 is 2.76 bits per heavy atom. The van der Waals surface area contributed by atoms with Gasteiger partial charge in [-0.2, -0.15) is 0 Å². The highest BCUT2D eigenvalue weighted by Gasteiger charge is 2.41. The second-order valence-corrected chi connectivity index (χ2v) is 7.36. The van der Waals surface area contributed by atoms with E-state index in [1.54, 1.807) is 0 Å². The van der Waals surface area contributed by atoms with Gasteiger partial charge in [0, 0.05) is 30.2 Å². The maximum Gasteiger partial charge on any atom is 0.170 e. The number of aliphatic hydroxyl groups excluding tert-OH is 1. The van der Waals surface area contributed by atoms with E-state index in [2.05, 4.69) is 39.7 Å². The number of nitrogens with one attached hydrogen (secondary N) is 1. The van der Waals surface area contributed by atoms with E-state index in [9.17, 15) is 5.11 Å². The Kier molecular flexibility index (Phi) is 4.25. The summed E-state index contributed by atoms with van der Waals surface area (Å²) in [5, 5.41) is 13.7. The first-order chi connectivity index (χ1) is 12.1. The molecule has 132 valence electrons. The average molecular weight is 356 g/mol. The molecule has 0 spiro atoms. The number of nitrogens with zero attached hydrogens (tertiary/aromatic N) is 3. The SMILES string of the molecule is Cc1cc(C2C(c3ccccn3)NC(=S)N2CCO)c(C)n1C1CC1. The summed E-state index contributed by atoms with van der Waals surface area (Å²) < 4.78 is 2.46. The summed E-state index contributed by atoms with van der Waals surface area (Å²) in [4.78, 5) is 6.66. The van der Waals surface area contributed by atoms with Crippen molar-refractivity contribution < 1.29 is 5.11 Å². The predicted molar refractivity (Wildman–Crippen MR) is 101 cm³/mol. The summed E-state index contributed by atoms with van der Waals surface area (Å²) in [6.07, 6.45) is 4.35. The lowest BCUT2D eigenvalue weighted by atomic mass is 9.97. The Morgan fingerprint density at radius 1 is 1.32 bits per heavy atom. The Morgan fingerprint density at radius 2 is 2.12 bits per heavy atom. The molecule has 2 unspecified atom stereocenters. The lowest BCUT2D eigenvalue weighted by Crippen LogP contribution is -2.32. The van der Waals surface area contributed by atoms with E-state index in [4.69, 9.17) is 12.2 Å². The third-order valence-electron chi connectivity index (χ3n) is 5.29. The summed E-state index contributed by atoms with van der Waals surface area (Å²) in [5.41, 5.74) is 4.87. The van der Waals surface area contributed by atoms with Crippen LogP contribution in [-0.2, 0) is 0 Å². The molecular formula is C19H24N4OS. The molecule has 2 aromatic heterocycles. The molecule has 2 fully saturated rings. The molecule has 0 bridgehead atoms. The summed E-state index contributed by atoms with van der Waals surface area (Å²) in [5.74, 6) is 0. The van der Waals surface area contributed by atoms with Crippen LogP contribution in [0.5, 0.6) is 0 Å². The molecule has 1 aliphatic heterocycles. The highest BCUT2D eigenvalue weighted by molar-refractivity contribution is 7.80. The van der Waals surface area contributed by atoms with E-state index in [1.807, 2.05) is 24.4 Å². The quantitative estimate of drug-likeness (QED) is 0.807. The van der Waals surface area contributed by atoms with E-state index in [-0.39, 0.29) is 18.7 Å². The molecular weight excluding hydrogens is 332 g/mol. The molecule has 1 saturated heterocycles. The summed E-state index contributed by atoms with van der Waals surface area (Å²) in [6.45, 7) is 4.98. The van der Waals surface area contributed by atoms with Crippen molar-refractivity contribution in [3.05, 3.63) is 53.1 Å². The molecule has 0 radical (unpaired) electrons. The predicted octanol–water partition coefficient (Wildman–Crippen LogP) is 2.80. The number of pyridine rings is 1. The first kappa shape index (κ1) is 16.5. The smallest absolute Gasteiger partial charge is 0.170 e. The molecule has 2 N–H and O–H groups in total. The molecule has 3 heterocycles. The molecule has 0 aromatic carbocycles. The van der Waals surface area contributed by atoms with Gasteiger partial charge >= 0.3 is 0 Å². The molecule has 0 amide bonds. The Bertz CT molecular complexity index is 784. The van der Waals surface area contributed by atoms with Crippen LogP contribution >= 0.6 is 12.2 Å². The molecule has 25 heavy (non-hydrogen) atoms. The van der Waals surface area contributed by atoms with Crippen molar-refractivity contribution in [1.29, 1.82) is 0 Å². The van der Waals surface area contributed by atoms with Crippen molar-refractivity contribution >= 4 is 17.3 Å². The summed E-state index contributed by atoms with van der Waals surface area (Å²) in [6, 6.07) is 8.95. The normalized spacial score (nSPS) is 23.2. The molecule has 1 saturated carbocycles. The van der Waals surface area contributed by atoms with Crippen LogP contribution in [0.4, 0.5) is 0 Å². The van der Waals surface area contributed by atoms with Gasteiger partial charge < -0.3 is 19.9 Å². The molecule has 2 aliphatic rings. The first-order valence-electron chi connectivity index (χ1n) is 8.89. The fraction of sp³-hybridized carbons (Fsp3) is 0.474. The van der Waals surface area contributed by atoms with Crippen LogP contribution in [0.3, 0.4) is 0 Å². The van der Waals surface area contributed by atoms with Crippen LogP contribution in [-0.4, -0.2) is 37.8 Å². The lowest BCUT2D eigenvalue weighted by Gasteiger charge is -2.27. The number of aromatic nitrogens is 2. The van der Waals surface area contributed by atoms with Crippen molar-refractivity contribution in [2.75, 3.05) is 13.2 Å². The van der Waals surface area contributed by atoms with Crippen molar-refractivity contribution in [2.24, 2.45) is 0 Å². The minimum atomic E-state index is -0.00611. The zero-order valence-electron chi connectivity index (χ0n) is 14.6. The van der Waals surface area contributed by atoms with E-state index in [0.717, 1.165) is 5.69 Å². The molecule has 2 atom stereocenters. The zero-order chi connectivity index (χ0) is 17.6. The van der Waals surface area contributed by atoms with Crippen LogP contribution in [0, 0.1) is 13.8 Å². The maximum atomic E-state index is 9.54. The largest absolute Gasteiger partial charge is 0.395 e. The lowest BCUT2D eigenvalue weighted by molar-refractivity contribution is 0.222. The zero-order valence-corrected chi connectivity index (χ0v) is 15.5. The van der Waals surface area contributed by atoms with Gasteiger partial charge in [0.05, 0.1) is 24.4 Å². The van der Waals surface area contributed by atoms with Crippen molar-refractivity contribution in [3.63, 3.8) is 0 Å². The van der Waals surface area contributed by atoms with Gasteiger partial charge in [0.2, 0.25) is 0 Å². The highest BCUT2D eigenvalue weighted by Crippen LogP contribution is 2.44. The fourth-order valence-electron chi connectivity index (χ4n) is 4.09. The van der Waals surface area contributed by atoms with Crippen LogP contribution in [0.2, 0.25) is 0 Å². The van der Waals surface area contributed by atoms with Crippen molar-refractivity contribution in [1.82, 2.24) is 19.8 Å². The standard InChI is InChI=1S/C19H24N4OS/c1-12-11-15(13(2)23(12)14-6-7-14)18-17(16-5-3-4-8-20-16)21-19(25)22(18)9-10-24/h3-5,8,11,14,17-18,24H,6-7,9-10H2,1-2H3,(H,21,25). The fourth-order valence-corrected chi connectivity index (χ4v) is 4.42. The van der Waals surface area contributed by atoms with Gasteiger partial charge in [0.1, 0.15) is 0 Å². The van der Waals surface area contributed by atoms with Crippen molar-refractivity contribution in [3.8, 4) is 0 Å². The Balaban J connectivity index is 1.79. The summed E-state index contributed by atoms with van der Waals surface area (Å²) >= 11 is 5.58. The van der Waals surface area contributed by atoms with Gasteiger partial charge in [-0.15, -0.1) is 0 Å². The van der Waals surface area contributed by atoms with Gasteiger partial charge in [0.25, 0.3) is 0 Å². The second-order valence-electron chi connectivity index (χ2n) is 6.97. The van der Waals surface area contributed by atoms with Gasteiger partial charge in [-0.05, 0) is 62.7 Å². The number of β-amino-alcohol motifs (C(OH)–C–C–N with tert-alkyl or cyclic N) is 1. The molecule has 5 nitrogen and oxygen atoms in total. The van der Waals surface area contributed by atoms with E-state index < -0.39 is 0 Å². The van der Waals surface area contributed by atoms with E-state index in [1.165, 1.54) is 29.8 Å². The Hall–Kier alpha value is -1.92. The second kappa shape index (κ2) is 6.42. The minimum Gasteiger partial charge on any atom is -0.395 e. The van der Waals surface area contributed by atoms with Gasteiger partial charge in [-0.25, -0.2) is 0 Å². The third kappa shape index (κ3) is 2.83. The number of aryl methyl sites for hydroxylation is 1. The number of aliphatic hydroxyl groups is 1. The number of thiocarbonyl (C=S) groups is 1. The third-order valence-corrected chi connectivity index (χ3v) is 5.65. The average Bonchev–Trinajstić information content (AvgIpc) is 3.33. The number of hydrogen-bond acceptors (Lipinski definition) is 3. The summed E-state index contributed by atoms with van der Waals surface area (Å²) in [7, 11) is 0. The molecule has 2 aromatic rings. The topological polar surface area (TPSA) is 53.3 Å². The van der Waals surface area contributed by atoms with Crippen LogP contribution in [0.15, 0.2) is 30.5 Å². The molecule has 1 aliphatic carbocycles. The van der Waals surface area contributed by atoms with Crippen molar-refractivity contribution in [2.45, 2.75) is 44.8 Å². The Labute approximate surface area is 153 Å². The van der Waals surface area contributed by atoms with Gasteiger partial charge in [-0.1, -0.05) is 6.07 Å². The van der Waals surface area contributed by atoms with Gasteiger partial charge in [-0.3, -0.25) is 4.98 Å². The van der Waals surface area contributed by atoms with Gasteiger partial charge in [0.15, 0.2) is 5.11 Å². The minimum absolute atomic E-state index is 0.00611. The van der Waals surface area contributed by atoms with E-state index in [0.29, 0.717) is 17.7 Å².